The van der Waals surface area contributed by atoms with Gasteiger partial charge in [0, 0.05) is 69.3 Å². The number of aromatic nitrogens is 4. The minimum atomic E-state index is -0.311. The van der Waals surface area contributed by atoms with Crippen LogP contribution in [0.4, 0.5) is 10.5 Å². The highest BCUT2D eigenvalue weighted by molar-refractivity contribution is 5.95. The number of benzene rings is 1. The van der Waals surface area contributed by atoms with Gasteiger partial charge in [-0.3, -0.25) is 9.58 Å². The number of carbonyl (C=O) groups excluding carboxylic acids is 1. The summed E-state index contributed by atoms with van der Waals surface area (Å²) in [6.45, 7) is 6.37. The smallest absolute Gasteiger partial charge is 0.414 e. The average molecular weight is 481 g/mol. The maximum Gasteiger partial charge on any atom is 0.414 e. The largest absolute Gasteiger partial charge is 0.452 e. The van der Waals surface area contributed by atoms with Crippen molar-refractivity contribution in [1.29, 1.82) is 0 Å². The first-order chi connectivity index (χ1) is 17.1. The van der Waals surface area contributed by atoms with Crippen molar-refractivity contribution in [1.82, 2.24) is 24.2 Å². The molecule has 2 aromatic heterocycles. The molecule has 1 saturated heterocycles. The first-order valence-corrected chi connectivity index (χ1v) is 12.7. The maximum atomic E-state index is 12.6. The van der Waals surface area contributed by atoms with Crippen LogP contribution in [-0.2, 0) is 35.4 Å². The fraction of sp³-hybridized carbons (Fsp3) is 0.577. The number of ether oxygens (including phenoxy) is 2. The number of anilines is 1. The third kappa shape index (κ3) is 4.79. The zero-order valence-corrected chi connectivity index (χ0v) is 21.0. The number of methoxy groups -OCH3 is 1. The fourth-order valence-electron chi connectivity index (χ4n) is 5.51. The summed E-state index contributed by atoms with van der Waals surface area (Å²) in [5.74, 6) is 1.06. The third-order valence-electron chi connectivity index (χ3n) is 7.58. The lowest BCUT2D eigenvalue weighted by Gasteiger charge is -2.34. The van der Waals surface area contributed by atoms with Crippen LogP contribution >= 0.6 is 0 Å². The molecule has 1 atom stereocenters. The molecule has 0 bridgehead atoms. The summed E-state index contributed by atoms with van der Waals surface area (Å²) in [5, 5.41) is 4.37. The third-order valence-corrected chi connectivity index (χ3v) is 7.58. The number of carbonyl (C=O) groups is 1. The lowest BCUT2D eigenvalue weighted by Crippen LogP contribution is -2.42. The highest BCUT2D eigenvalue weighted by atomic mass is 16.5. The Morgan fingerprint density at radius 2 is 2.06 bits per heavy atom. The lowest BCUT2D eigenvalue weighted by atomic mass is 9.96. The number of likely N-dealkylation sites (N-methyl/N-ethyl adjacent to an activating group) is 1. The SMILES string of the molecule is COC(=O)N1c2ccc3c(nc(CCn4cccn4)n3CCN(C)C3CCOCC3)c2CC[C@@H]1C. The molecule has 5 rings (SSSR count). The van der Waals surface area contributed by atoms with Crippen LogP contribution in [0.3, 0.4) is 0 Å². The Balaban J connectivity index is 1.48. The summed E-state index contributed by atoms with van der Waals surface area (Å²) in [5.41, 5.74) is 4.21. The van der Waals surface area contributed by atoms with Crippen molar-refractivity contribution in [2.24, 2.45) is 0 Å². The molecule has 0 radical (unpaired) electrons. The van der Waals surface area contributed by atoms with Gasteiger partial charge in [-0.1, -0.05) is 0 Å². The van der Waals surface area contributed by atoms with Crippen molar-refractivity contribution >= 4 is 22.8 Å². The Morgan fingerprint density at radius 1 is 1.23 bits per heavy atom. The molecule has 3 aromatic rings. The molecule has 0 saturated carbocycles. The van der Waals surface area contributed by atoms with E-state index in [1.807, 2.05) is 23.1 Å². The van der Waals surface area contributed by atoms with Gasteiger partial charge in [0.1, 0.15) is 5.82 Å². The molecule has 2 aliphatic rings. The van der Waals surface area contributed by atoms with Gasteiger partial charge in [-0.15, -0.1) is 0 Å². The monoisotopic (exact) mass is 480 g/mol. The zero-order chi connectivity index (χ0) is 24.4. The first kappa shape index (κ1) is 23.8. The van der Waals surface area contributed by atoms with Gasteiger partial charge in [0.15, 0.2) is 0 Å². The summed E-state index contributed by atoms with van der Waals surface area (Å²) >= 11 is 0. The summed E-state index contributed by atoms with van der Waals surface area (Å²) in [7, 11) is 3.66. The molecule has 0 N–H and O–H groups in total. The van der Waals surface area contributed by atoms with Gasteiger partial charge in [0.25, 0.3) is 0 Å². The van der Waals surface area contributed by atoms with E-state index in [1.165, 1.54) is 7.11 Å². The van der Waals surface area contributed by atoms with E-state index < -0.39 is 0 Å². The molecule has 9 nitrogen and oxygen atoms in total. The predicted octanol–water partition coefficient (Wildman–Crippen LogP) is 3.49. The Bertz CT molecular complexity index is 1150. The highest BCUT2D eigenvalue weighted by Crippen LogP contribution is 2.36. The van der Waals surface area contributed by atoms with E-state index in [4.69, 9.17) is 14.5 Å². The van der Waals surface area contributed by atoms with Crippen LogP contribution in [0.5, 0.6) is 0 Å². The van der Waals surface area contributed by atoms with Crippen molar-refractivity contribution < 1.29 is 14.3 Å². The zero-order valence-electron chi connectivity index (χ0n) is 21.0. The fourth-order valence-corrected chi connectivity index (χ4v) is 5.51. The Kier molecular flexibility index (Phi) is 7.06. The van der Waals surface area contributed by atoms with E-state index in [1.54, 1.807) is 4.90 Å². The molecule has 0 unspecified atom stereocenters. The maximum absolute atomic E-state index is 12.6. The van der Waals surface area contributed by atoms with Gasteiger partial charge >= 0.3 is 6.09 Å². The second kappa shape index (κ2) is 10.4. The van der Waals surface area contributed by atoms with E-state index in [-0.39, 0.29) is 12.1 Å². The second-order valence-corrected chi connectivity index (χ2v) is 9.68. The molecule has 188 valence electrons. The molecule has 9 heteroatoms. The van der Waals surface area contributed by atoms with E-state index in [2.05, 4.69) is 40.7 Å². The number of hydrogen-bond donors (Lipinski definition) is 0. The Morgan fingerprint density at radius 3 is 2.80 bits per heavy atom. The molecule has 0 aliphatic carbocycles. The summed E-state index contributed by atoms with van der Waals surface area (Å²) in [6, 6.07) is 6.81. The van der Waals surface area contributed by atoms with Crippen LogP contribution in [0.1, 0.15) is 37.6 Å². The minimum absolute atomic E-state index is 0.0990. The van der Waals surface area contributed by atoms with Crippen LogP contribution in [0.15, 0.2) is 30.6 Å². The van der Waals surface area contributed by atoms with Gasteiger partial charge in [0.05, 0.1) is 23.8 Å². The molecule has 2 aliphatic heterocycles. The number of hydrogen-bond acceptors (Lipinski definition) is 6. The number of amides is 1. The van der Waals surface area contributed by atoms with Crippen LogP contribution in [0.2, 0.25) is 0 Å². The molecular formula is C26H36N6O3. The van der Waals surface area contributed by atoms with Crippen LogP contribution in [0, 0.1) is 0 Å². The minimum Gasteiger partial charge on any atom is -0.452 e. The van der Waals surface area contributed by atoms with Crippen molar-refractivity contribution in [2.75, 3.05) is 38.8 Å². The normalized spacial score (nSPS) is 18.9. The van der Waals surface area contributed by atoms with E-state index >= 15 is 0 Å². The number of imidazole rings is 1. The lowest BCUT2D eigenvalue weighted by molar-refractivity contribution is 0.0421. The molecule has 35 heavy (non-hydrogen) atoms. The van der Waals surface area contributed by atoms with E-state index in [0.717, 1.165) is 93.1 Å². The highest BCUT2D eigenvalue weighted by Gasteiger charge is 2.31. The van der Waals surface area contributed by atoms with E-state index in [0.29, 0.717) is 6.04 Å². The number of aryl methyl sites for hydroxylation is 3. The molecule has 0 spiro atoms. The summed E-state index contributed by atoms with van der Waals surface area (Å²) in [4.78, 5) is 22.0. The Hall–Kier alpha value is -2.91. The van der Waals surface area contributed by atoms with Gasteiger partial charge < -0.3 is 18.9 Å². The molecule has 1 fully saturated rings. The first-order valence-electron chi connectivity index (χ1n) is 12.7. The van der Waals surface area contributed by atoms with E-state index in [9.17, 15) is 4.79 Å². The average Bonchev–Trinajstić information content (AvgIpc) is 3.53. The van der Waals surface area contributed by atoms with Gasteiger partial charge in [-0.25, -0.2) is 9.78 Å². The standard InChI is InChI=1S/C26H36N6O3/c1-19-5-6-21-22(32(19)26(33)34-3)7-8-23-25(21)28-24(9-14-30-13-4-12-27-30)31(23)16-15-29(2)20-10-17-35-18-11-20/h4,7-8,12-13,19-20H,5-6,9-11,14-18H2,1-3H3/t19-/m0/s1. The van der Waals surface area contributed by atoms with Crippen molar-refractivity contribution in [3.8, 4) is 0 Å². The predicted molar refractivity (Wildman–Crippen MR) is 135 cm³/mol. The summed E-state index contributed by atoms with van der Waals surface area (Å²) < 4.78 is 15.0. The molecule has 1 aromatic carbocycles. The van der Waals surface area contributed by atoms with Gasteiger partial charge in [-0.05, 0) is 57.9 Å². The van der Waals surface area contributed by atoms with Gasteiger partial charge in [0.2, 0.25) is 0 Å². The topological polar surface area (TPSA) is 77.7 Å². The van der Waals surface area contributed by atoms with Crippen LogP contribution in [-0.4, -0.2) is 76.3 Å². The number of nitrogens with zero attached hydrogens (tertiary/aromatic N) is 6. The van der Waals surface area contributed by atoms with Crippen molar-refractivity contribution in [3.05, 3.63) is 42.0 Å². The summed E-state index contributed by atoms with van der Waals surface area (Å²) in [6.07, 6.45) is 8.25. The quantitative estimate of drug-likeness (QED) is 0.515. The molecule has 1 amide bonds. The number of rotatable bonds is 7. The molecule has 4 heterocycles. The van der Waals surface area contributed by atoms with Crippen molar-refractivity contribution in [3.63, 3.8) is 0 Å². The van der Waals surface area contributed by atoms with Crippen LogP contribution in [0.25, 0.3) is 11.0 Å². The molecular weight excluding hydrogens is 444 g/mol. The van der Waals surface area contributed by atoms with Crippen molar-refractivity contribution in [2.45, 2.75) is 64.2 Å². The van der Waals surface area contributed by atoms with Crippen LogP contribution < -0.4 is 4.90 Å². The van der Waals surface area contributed by atoms with Gasteiger partial charge in [-0.2, -0.15) is 5.10 Å². The second-order valence-electron chi connectivity index (χ2n) is 9.68. The number of fused-ring (bicyclic) bond motifs is 3. The Labute approximate surface area is 206 Å².